The van der Waals surface area contributed by atoms with Crippen molar-refractivity contribution >= 4 is 15.9 Å². The van der Waals surface area contributed by atoms with Crippen molar-refractivity contribution in [3.05, 3.63) is 46.7 Å². The summed E-state index contributed by atoms with van der Waals surface area (Å²) in [4.78, 5) is 8.27. The molecule has 1 N–H and O–H groups in total. The van der Waals surface area contributed by atoms with Crippen molar-refractivity contribution in [2.75, 3.05) is 7.05 Å². The minimum absolute atomic E-state index is 0.350. The van der Waals surface area contributed by atoms with Crippen LogP contribution in [0.5, 0.6) is 11.8 Å². The molecular weight excluding hydrogens is 282 g/mol. The van der Waals surface area contributed by atoms with E-state index < -0.39 is 0 Å². The number of nitrogens with zero attached hydrogens (tertiary/aromatic N) is 2. The molecule has 4 nitrogen and oxygen atoms in total. The molecule has 0 atom stereocenters. The standard InChI is InChI=1S/C12H12BrN3O/c1-14-6-9-7-15-12(16-8-9)17-11-4-2-3-10(13)5-11/h2-5,7-8,14H,6H2,1H3. The molecule has 0 bridgehead atoms. The van der Waals surface area contributed by atoms with E-state index in [0.717, 1.165) is 16.6 Å². The van der Waals surface area contributed by atoms with E-state index in [4.69, 9.17) is 4.74 Å². The molecule has 0 saturated carbocycles. The largest absolute Gasteiger partial charge is 0.424 e. The maximum atomic E-state index is 5.52. The number of ether oxygens (including phenoxy) is 1. The molecule has 1 heterocycles. The van der Waals surface area contributed by atoms with Gasteiger partial charge in [-0.2, -0.15) is 0 Å². The van der Waals surface area contributed by atoms with Crippen molar-refractivity contribution in [1.29, 1.82) is 0 Å². The Kier molecular flexibility index (Phi) is 4.06. The fourth-order valence-corrected chi connectivity index (χ4v) is 1.71. The Morgan fingerprint density at radius 2 is 2.06 bits per heavy atom. The van der Waals surface area contributed by atoms with Gasteiger partial charge in [-0.25, -0.2) is 9.97 Å². The van der Waals surface area contributed by atoms with Gasteiger partial charge in [-0.3, -0.25) is 0 Å². The number of hydrogen-bond acceptors (Lipinski definition) is 4. The molecule has 0 aliphatic heterocycles. The van der Waals surface area contributed by atoms with Crippen LogP contribution in [-0.2, 0) is 6.54 Å². The average molecular weight is 294 g/mol. The Balaban J connectivity index is 2.08. The lowest BCUT2D eigenvalue weighted by Gasteiger charge is -2.04. The molecule has 1 aromatic heterocycles. The highest BCUT2D eigenvalue weighted by molar-refractivity contribution is 9.10. The van der Waals surface area contributed by atoms with Crippen LogP contribution in [0.1, 0.15) is 5.56 Å². The summed E-state index contributed by atoms with van der Waals surface area (Å²) >= 11 is 3.38. The highest BCUT2D eigenvalue weighted by atomic mass is 79.9. The summed E-state index contributed by atoms with van der Waals surface area (Å²) in [6, 6.07) is 7.90. The predicted octanol–water partition coefficient (Wildman–Crippen LogP) is 2.75. The fraction of sp³-hybridized carbons (Fsp3) is 0.167. The molecule has 2 rings (SSSR count). The van der Waals surface area contributed by atoms with Crippen LogP contribution in [0.4, 0.5) is 0 Å². The van der Waals surface area contributed by atoms with Gasteiger partial charge in [0.2, 0.25) is 0 Å². The molecule has 2 aromatic rings. The summed E-state index contributed by atoms with van der Waals surface area (Å²) in [5, 5.41) is 3.03. The minimum atomic E-state index is 0.350. The normalized spacial score (nSPS) is 10.2. The number of halogens is 1. The van der Waals surface area contributed by atoms with E-state index in [-0.39, 0.29) is 0 Å². The number of rotatable bonds is 4. The minimum Gasteiger partial charge on any atom is -0.424 e. The van der Waals surface area contributed by atoms with Gasteiger partial charge >= 0.3 is 6.01 Å². The smallest absolute Gasteiger partial charge is 0.321 e. The molecule has 0 fully saturated rings. The van der Waals surface area contributed by atoms with Crippen molar-refractivity contribution in [2.24, 2.45) is 0 Å². The Labute approximate surface area is 108 Å². The van der Waals surface area contributed by atoms with Crippen molar-refractivity contribution in [2.45, 2.75) is 6.54 Å². The molecule has 0 aliphatic rings. The van der Waals surface area contributed by atoms with Gasteiger partial charge < -0.3 is 10.1 Å². The van der Waals surface area contributed by atoms with E-state index in [2.05, 4.69) is 31.2 Å². The number of aromatic nitrogens is 2. The molecule has 0 saturated heterocycles. The van der Waals surface area contributed by atoms with Crippen molar-refractivity contribution in [3.63, 3.8) is 0 Å². The van der Waals surface area contributed by atoms with Gasteiger partial charge in [0.15, 0.2) is 0 Å². The topological polar surface area (TPSA) is 47.0 Å². The van der Waals surface area contributed by atoms with Gasteiger partial charge in [0.25, 0.3) is 0 Å². The third-order valence-corrected chi connectivity index (χ3v) is 2.56. The monoisotopic (exact) mass is 293 g/mol. The van der Waals surface area contributed by atoms with Crippen molar-refractivity contribution in [1.82, 2.24) is 15.3 Å². The first-order valence-corrected chi connectivity index (χ1v) is 5.96. The summed E-state index contributed by atoms with van der Waals surface area (Å²) in [5.74, 6) is 0.709. The quantitative estimate of drug-likeness (QED) is 0.942. The maximum Gasteiger partial charge on any atom is 0.321 e. The lowest BCUT2D eigenvalue weighted by Crippen LogP contribution is -2.06. The first-order valence-electron chi connectivity index (χ1n) is 5.17. The first kappa shape index (κ1) is 12.0. The van der Waals surface area contributed by atoms with E-state index in [1.165, 1.54) is 0 Å². The molecule has 0 radical (unpaired) electrons. The summed E-state index contributed by atoms with van der Waals surface area (Å²) in [6.45, 7) is 0.747. The molecule has 0 spiro atoms. The summed E-state index contributed by atoms with van der Waals surface area (Å²) < 4.78 is 6.48. The molecular formula is C12H12BrN3O. The van der Waals surface area contributed by atoms with Gasteiger partial charge in [-0.05, 0) is 25.2 Å². The van der Waals surface area contributed by atoms with Crippen LogP contribution in [0.25, 0.3) is 0 Å². The van der Waals surface area contributed by atoms with E-state index in [0.29, 0.717) is 11.8 Å². The van der Waals surface area contributed by atoms with E-state index in [1.54, 1.807) is 12.4 Å². The Morgan fingerprint density at radius 1 is 1.29 bits per heavy atom. The van der Waals surface area contributed by atoms with Crippen LogP contribution in [0.15, 0.2) is 41.1 Å². The molecule has 17 heavy (non-hydrogen) atoms. The summed E-state index contributed by atoms with van der Waals surface area (Å²) in [7, 11) is 1.88. The lowest BCUT2D eigenvalue weighted by molar-refractivity contribution is 0.440. The number of benzene rings is 1. The van der Waals surface area contributed by atoms with E-state index >= 15 is 0 Å². The van der Waals surface area contributed by atoms with Crippen LogP contribution >= 0.6 is 15.9 Å². The molecule has 0 aliphatic carbocycles. The molecule has 1 aromatic carbocycles. The Hall–Kier alpha value is -1.46. The third-order valence-electron chi connectivity index (χ3n) is 2.07. The predicted molar refractivity (Wildman–Crippen MR) is 69.0 cm³/mol. The molecule has 88 valence electrons. The van der Waals surface area contributed by atoms with Crippen molar-refractivity contribution in [3.8, 4) is 11.8 Å². The van der Waals surface area contributed by atoms with Gasteiger partial charge in [0.05, 0.1) is 0 Å². The summed E-state index contributed by atoms with van der Waals surface area (Å²) in [6.07, 6.45) is 3.49. The van der Waals surface area contributed by atoms with Crippen LogP contribution in [-0.4, -0.2) is 17.0 Å². The molecule has 5 heteroatoms. The first-order chi connectivity index (χ1) is 8.28. The summed E-state index contributed by atoms with van der Waals surface area (Å²) in [5.41, 5.74) is 1.02. The van der Waals surface area contributed by atoms with Crippen LogP contribution in [0.2, 0.25) is 0 Å². The lowest BCUT2D eigenvalue weighted by atomic mass is 10.3. The third kappa shape index (κ3) is 3.51. The van der Waals surface area contributed by atoms with Gasteiger partial charge in [-0.15, -0.1) is 0 Å². The maximum absolute atomic E-state index is 5.52. The SMILES string of the molecule is CNCc1cnc(Oc2cccc(Br)c2)nc1. The van der Waals surface area contributed by atoms with Gasteiger partial charge in [0.1, 0.15) is 5.75 Å². The second-order valence-corrected chi connectivity index (χ2v) is 4.38. The highest BCUT2D eigenvalue weighted by Crippen LogP contribution is 2.21. The second-order valence-electron chi connectivity index (χ2n) is 3.46. The Bertz CT molecular complexity index is 487. The molecule has 0 amide bonds. The second kappa shape index (κ2) is 5.75. The zero-order chi connectivity index (χ0) is 12.1. The van der Waals surface area contributed by atoms with Crippen LogP contribution in [0.3, 0.4) is 0 Å². The highest BCUT2D eigenvalue weighted by Gasteiger charge is 2.01. The zero-order valence-corrected chi connectivity index (χ0v) is 10.9. The fourth-order valence-electron chi connectivity index (χ4n) is 1.33. The van der Waals surface area contributed by atoms with Gasteiger partial charge in [-0.1, -0.05) is 22.0 Å². The number of hydrogen-bond donors (Lipinski definition) is 1. The van der Waals surface area contributed by atoms with Crippen LogP contribution in [0, 0.1) is 0 Å². The van der Waals surface area contributed by atoms with E-state index in [9.17, 15) is 0 Å². The van der Waals surface area contributed by atoms with Crippen molar-refractivity contribution < 1.29 is 4.74 Å². The Morgan fingerprint density at radius 3 is 2.71 bits per heavy atom. The molecule has 0 unspecified atom stereocenters. The average Bonchev–Trinajstić information content (AvgIpc) is 2.32. The van der Waals surface area contributed by atoms with Crippen LogP contribution < -0.4 is 10.1 Å². The van der Waals surface area contributed by atoms with E-state index in [1.807, 2.05) is 31.3 Å². The number of nitrogens with one attached hydrogen (secondary N) is 1. The zero-order valence-electron chi connectivity index (χ0n) is 9.35. The van der Waals surface area contributed by atoms with Gasteiger partial charge in [0, 0.05) is 29.0 Å².